The highest BCUT2D eigenvalue weighted by molar-refractivity contribution is 5.79. The summed E-state index contributed by atoms with van der Waals surface area (Å²) in [6.45, 7) is 8.07. The first-order valence-electron chi connectivity index (χ1n) is 7.12. The molecule has 1 aliphatic carbocycles. The van der Waals surface area contributed by atoms with Crippen molar-refractivity contribution in [3.63, 3.8) is 0 Å². The Kier molecular flexibility index (Phi) is 3.91. The van der Waals surface area contributed by atoms with Crippen LogP contribution < -0.4 is 5.32 Å². The second kappa shape index (κ2) is 5.04. The van der Waals surface area contributed by atoms with Crippen molar-refractivity contribution in [1.29, 1.82) is 0 Å². The molecule has 2 fully saturated rings. The van der Waals surface area contributed by atoms with Gasteiger partial charge in [0.2, 0.25) is 0 Å². The number of rotatable bonds is 3. The molecule has 1 saturated carbocycles. The Bertz CT molecular complexity index is 359. The van der Waals surface area contributed by atoms with Crippen LogP contribution in [0.1, 0.15) is 40.0 Å². The molecule has 0 aromatic rings. The van der Waals surface area contributed by atoms with Gasteiger partial charge in [0.05, 0.1) is 11.7 Å². The Morgan fingerprint density at radius 2 is 2.16 bits per heavy atom. The predicted molar refractivity (Wildman–Crippen MR) is 73.3 cm³/mol. The van der Waals surface area contributed by atoms with Crippen LogP contribution in [0.2, 0.25) is 0 Å². The zero-order valence-electron chi connectivity index (χ0n) is 12.4. The molecular formula is C14H26N2O3. The lowest BCUT2D eigenvalue weighted by Crippen LogP contribution is -2.56. The summed E-state index contributed by atoms with van der Waals surface area (Å²) in [6, 6.07) is 0.342. The van der Waals surface area contributed by atoms with Crippen LogP contribution in [0.15, 0.2) is 0 Å². The minimum atomic E-state index is -0.740. The Hall–Kier alpha value is -0.650. The fourth-order valence-corrected chi connectivity index (χ4v) is 3.64. The average molecular weight is 270 g/mol. The smallest absolute Gasteiger partial charge is 0.323 e. The van der Waals surface area contributed by atoms with Gasteiger partial charge in [0.25, 0.3) is 0 Å². The van der Waals surface area contributed by atoms with Gasteiger partial charge < -0.3 is 15.2 Å². The van der Waals surface area contributed by atoms with Crippen molar-refractivity contribution in [2.24, 2.45) is 0 Å². The number of carbonyl (C=O) groups is 1. The molecule has 5 heteroatoms. The Morgan fingerprint density at radius 1 is 1.47 bits per heavy atom. The highest BCUT2D eigenvalue weighted by Crippen LogP contribution is 2.35. The molecule has 2 rings (SSSR count). The lowest BCUT2D eigenvalue weighted by Gasteiger charge is -2.44. The normalized spacial score (nSPS) is 39.4. The van der Waals surface area contributed by atoms with Gasteiger partial charge in [-0.05, 0) is 47.1 Å². The molecule has 2 N–H and O–H groups in total. The zero-order chi connectivity index (χ0) is 14.3. The van der Waals surface area contributed by atoms with Crippen LogP contribution in [0.25, 0.3) is 0 Å². The molecule has 0 aromatic heterocycles. The molecule has 5 nitrogen and oxygen atoms in total. The Labute approximate surface area is 115 Å². The van der Waals surface area contributed by atoms with Gasteiger partial charge in [-0.15, -0.1) is 0 Å². The number of nitrogens with zero attached hydrogens (tertiary/aromatic N) is 1. The molecule has 0 aromatic carbocycles. The number of hydrogen-bond donors (Lipinski definition) is 2. The van der Waals surface area contributed by atoms with E-state index in [-0.39, 0.29) is 11.7 Å². The molecule has 1 aliphatic heterocycles. The van der Waals surface area contributed by atoms with E-state index in [9.17, 15) is 9.90 Å². The van der Waals surface area contributed by atoms with E-state index < -0.39 is 11.5 Å². The van der Waals surface area contributed by atoms with Crippen molar-refractivity contribution in [3.8, 4) is 0 Å². The molecule has 0 amide bonds. The first-order chi connectivity index (χ1) is 8.78. The van der Waals surface area contributed by atoms with Gasteiger partial charge in [-0.1, -0.05) is 0 Å². The summed E-state index contributed by atoms with van der Waals surface area (Å²) < 4.78 is 5.92. The van der Waals surface area contributed by atoms with E-state index in [4.69, 9.17) is 4.74 Å². The van der Waals surface area contributed by atoms with Crippen molar-refractivity contribution in [2.75, 3.05) is 20.1 Å². The molecule has 19 heavy (non-hydrogen) atoms. The maximum Gasteiger partial charge on any atom is 0.323 e. The summed E-state index contributed by atoms with van der Waals surface area (Å²) in [5.41, 5.74) is -0.887. The lowest BCUT2D eigenvalue weighted by atomic mass is 9.97. The van der Waals surface area contributed by atoms with Crippen LogP contribution in [0.5, 0.6) is 0 Å². The zero-order valence-corrected chi connectivity index (χ0v) is 12.4. The van der Waals surface area contributed by atoms with Crippen LogP contribution in [-0.2, 0) is 9.53 Å². The van der Waals surface area contributed by atoms with Crippen molar-refractivity contribution >= 4 is 5.97 Å². The summed E-state index contributed by atoms with van der Waals surface area (Å²) in [6.07, 6.45) is 2.53. The fourth-order valence-electron chi connectivity index (χ4n) is 3.64. The Balaban J connectivity index is 2.06. The van der Waals surface area contributed by atoms with E-state index in [2.05, 4.69) is 31.0 Å². The maximum absolute atomic E-state index is 11.5. The third-order valence-corrected chi connectivity index (χ3v) is 4.49. The monoisotopic (exact) mass is 270 g/mol. The third-order valence-electron chi connectivity index (χ3n) is 4.49. The number of ether oxygens (including phenoxy) is 1. The number of carboxylic acid groups (broad SMARTS) is 1. The Morgan fingerprint density at radius 3 is 2.63 bits per heavy atom. The number of hydrogen-bond acceptors (Lipinski definition) is 4. The summed E-state index contributed by atoms with van der Waals surface area (Å²) >= 11 is 0. The summed E-state index contributed by atoms with van der Waals surface area (Å²) in [5, 5.41) is 12.4. The predicted octanol–water partition coefficient (Wildman–Crippen LogP) is 1.08. The fraction of sp³-hybridized carbons (Fsp3) is 0.929. The number of morpholine rings is 1. The number of likely N-dealkylation sites (N-methyl/N-ethyl adjacent to an activating group) is 1. The molecule has 1 saturated heterocycles. The molecule has 3 unspecified atom stereocenters. The van der Waals surface area contributed by atoms with Gasteiger partial charge in [0.15, 0.2) is 0 Å². The molecule has 110 valence electrons. The molecule has 0 bridgehead atoms. The molecule has 0 radical (unpaired) electrons. The third kappa shape index (κ3) is 2.93. The largest absolute Gasteiger partial charge is 0.480 e. The van der Waals surface area contributed by atoms with Crippen molar-refractivity contribution < 1.29 is 14.6 Å². The molecule has 0 spiro atoms. The summed E-state index contributed by atoms with van der Waals surface area (Å²) in [4.78, 5) is 13.9. The standard InChI is InChI=1S/C14H26N2O3/c1-10-8-16(9-13(2,3)19-10)11-5-6-14(7-11,15-4)12(17)18/h10-11,15H,5-9H2,1-4H3,(H,17,18). The molecule has 3 atom stereocenters. The van der Waals surface area contributed by atoms with Crippen molar-refractivity contribution in [1.82, 2.24) is 10.2 Å². The molecular weight excluding hydrogens is 244 g/mol. The minimum Gasteiger partial charge on any atom is -0.480 e. The summed E-state index contributed by atoms with van der Waals surface area (Å²) in [7, 11) is 1.75. The second-order valence-corrected chi connectivity index (χ2v) is 6.65. The van der Waals surface area contributed by atoms with Gasteiger partial charge in [0, 0.05) is 19.1 Å². The molecule has 1 heterocycles. The topological polar surface area (TPSA) is 61.8 Å². The number of nitrogens with one attached hydrogen (secondary N) is 1. The van der Waals surface area contributed by atoms with Gasteiger partial charge >= 0.3 is 5.97 Å². The summed E-state index contributed by atoms with van der Waals surface area (Å²) in [5.74, 6) is -0.724. The number of aliphatic carboxylic acids is 1. The van der Waals surface area contributed by atoms with Crippen LogP contribution in [0.3, 0.4) is 0 Å². The van der Waals surface area contributed by atoms with E-state index in [0.717, 1.165) is 19.5 Å². The van der Waals surface area contributed by atoms with Gasteiger partial charge in [-0.25, -0.2) is 0 Å². The van der Waals surface area contributed by atoms with Crippen molar-refractivity contribution in [2.45, 2.75) is 63.3 Å². The SMILES string of the molecule is CNC1(C(=O)O)CCC(N2CC(C)OC(C)(C)C2)C1. The number of carboxylic acids is 1. The van der Waals surface area contributed by atoms with Crippen molar-refractivity contribution in [3.05, 3.63) is 0 Å². The first kappa shape index (κ1) is 14.8. The van der Waals surface area contributed by atoms with Crippen LogP contribution in [0.4, 0.5) is 0 Å². The van der Waals surface area contributed by atoms with E-state index in [0.29, 0.717) is 18.9 Å². The average Bonchev–Trinajstić information content (AvgIpc) is 2.71. The van der Waals surface area contributed by atoms with Crippen LogP contribution in [-0.4, -0.2) is 59.4 Å². The van der Waals surface area contributed by atoms with Gasteiger partial charge in [-0.3, -0.25) is 9.69 Å². The molecule has 2 aliphatic rings. The van der Waals surface area contributed by atoms with Gasteiger partial charge in [0.1, 0.15) is 5.54 Å². The van der Waals surface area contributed by atoms with E-state index in [1.165, 1.54) is 0 Å². The maximum atomic E-state index is 11.5. The second-order valence-electron chi connectivity index (χ2n) is 6.65. The van der Waals surface area contributed by atoms with Gasteiger partial charge in [-0.2, -0.15) is 0 Å². The quantitative estimate of drug-likeness (QED) is 0.803. The van der Waals surface area contributed by atoms with E-state index in [1.807, 2.05) is 0 Å². The van der Waals surface area contributed by atoms with Crippen LogP contribution in [0, 0.1) is 0 Å². The van der Waals surface area contributed by atoms with E-state index >= 15 is 0 Å². The van der Waals surface area contributed by atoms with E-state index in [1.54, 1.807) is 7.05 Å². The highest BCUT2D eigenvalue weighted by Gasteiger charge is 2.47. The first-order valence-corrected chi connectivity index (χ1v) is 7.12. The highest BCUT2D eigenvalue weighted by atomic mass is 16.5. The minimum absolute atomic E-state index is 0.147. The lowest BCUT2D eigenvalue weighted by molar-refractivity contribution is -0.146. The van der Waals surface area contributed by atoms with Crippen LogP contribution >= 0.6 is 0 Å².